The first-order chi connectivity index (χ1) is 5.61. The molecule has 0 heterocycles. The van der Waals surface area contributed by atoms with Crippen LogP contribution in [0.25, 0.3) is 0 Å². The van der Waals surface area contributed by atoms with E-state index < -0.39 is 6.03 Å². The Bertz CT molecular complexity index is 287. The predicted molar refractivity (Wildman–Crippen MR) is 49.1 cm³/mol. The summed E-state index contributed by atoms with van der Waals surface area (Å²) in [5, 5.41) is 2.58. The van der Waals surface area contributed by atoms with Crippen molar-refractivity contribution in [3.8, 4) is 0 Å². The van der Waals surface area contributed by atoms with Gasteiger partial charge in [-0.1, -0.05) is 18.2 Å². The van der Waals surface area contributed by atoms with Gasteiger partial charge in [0.05, 0.1) is 0 Å². The van der Waals surface area contributed by atoms with E-state index in [1.807, 2.05) is 32.0 Å². The van der Waals surface area contributed by atoms with Gasteiger partial charge in [0, 0.05) is 5.69 Å². The Hall–Kier alpha value is -1.51. The molecule has 1 aromatic carbocycles. The molecule has 3 nitrogen and oxygen atoms in total. The molecule has 2 amide bonds. The van der Waals surface area contributed by atoms with Crippen molar-refractivity contribution in [1.82, 2.24) is 0 Å². The molecule has 0 saturated carbocycles. The van der Waals surface area contributed by atoms with Crippen LogP contribution < -0.4 is 11.1 Å². The highest BCUT2D eigenvalue weighted by Gasteiger charge is 2.02. The molecule has 0 aliphatic rings. The SMILES string of the molecule is Cc1cccc(C)c1NC(N)=O. The van der Waals surface area contributed by atoms with Gasteiger partial charge in [-0.25, -0.2) is 4.79 Å². The first kappa shape index (κ1) is 8.59. The van der Waals surface area contributed by atoms with E-state index in [1.165, 1.54) is 0 Å². The molecule has 0 spiro atoms. The summed E-state index contributed by atoms with van der Waals surface area (Å²) >= 11 is 0. The Kier molecular flexibility index (Phi) is 2.33. The van der Waals surface area contributed by atoms with Crippen LogP contribution in [0.4, 0.5) is 10.5 Å². The number of nitrogens with two attached hydrogens (primary N) is 1. The average Bonchev–Trinajstić information content (AvgIpc) is 1.97. The van der Waals surface area contributed by atoms with E-state index in [0.29, 0.717) is 0 Å². The molecule has 3 heteroatoms. The van der Waals surface area contributed by atoms with Gasteiger partial charge in [0.15, 0.2) is 0 Å². The second-order valence-electron chi connectivity index (χ2n) is 2.76. The molecule has 64 valence electrons. The fourth-order valence-corrected chi connectivity index (χ4v) is 1.13. The van der Waals surface area contributed by atoms with Crippen LogP contribution in [0.2, 0.25) is 0 Å². The van der Waals surface area contributed by atoms with Gasteiger partial charge in [-0.15, -0.1) is 0 Å². The zero-order chi connectivity index (χ0) is 9.14. The zero-order valence-corrected chi connectivity index (χ0v) is 7.22. The lowest BCUT2D eigenvalue weighted by Crippen LogP contribution is -2.20. The molecule has 0 radical (unpaired) electrons. The topological polar surface area (TPSA) is 55.1 Å². The molecule has 0 aliphatic heterocycles. The van der Waals surface area contributed by atoms with Crippen molar-refractivity contribution in [1.29, 1.82) is 0 Å². The molecule has 0 saturated heterocycles. The molecule has 0 atom stereocenters. The number of hydrogen-bond donors (Lipinski definition) is 2. The summed E-state index contributed by atoms with van der Waals surface area (Å²) in [6.07, 6.45) is 0. The van der Waals surface area contributed by atoms with Crippen LogP contribution >= 0.6 is 0 Å². The van der Waals surface area contributed by atoms with Gasteiger partial charge in [-0.2, -0.15) is 0 Å². The fraction of sp³-hybridized carbons (Fsp3) is 0.222. The fourth-order valence-electron chi connectivity index (χ4n) is 1.13. The number of aryl methyl sites for hydroxylation is 2. The number of anilines is 1. The Labute approximate surface area is 71.6 Å². The lowest BCUT2D eigenvalue weighted by atomic mass is 10.1. The van der Waals surface area contributed by atoms with Crippen molar-refractivity contribution in [2.75, 3.05) is 5.32 Å². The van der Waals surface area contributed by atoms with Crippen LogP contribution in [0.5, 0.6) is 0 Å². The van der Waals surface area contributed by atoms with E-state index >= 15 is 0 Å². The molecule has 3 N–H and O–H groups in total. The van der Waals surface area contributed by atoms with Crippen molar-refractivity contribution in [2.24, 2.45) is 5.73 Å². The van der Waals surface area contributed by atoms with Gasteiger partial charge in [0.1, 0.15) is 0 Å². The summed E-state index contributed by atoms with van der Waals surface area (Å²) in [4.78, 5) is 10.6. The lowest BCUT2D eigenvalue weighted by Gasteiger charge is -2.08. The summed E-state index contributed by atoms with van der Waals surface area (Å²) in [5.41, 5.74) is 7.87. The van der Waals surface area contributed by atoms with Gasteiger partial charge in [0.25, 0.3) is 0 Å². The van der Waals surface area contributed by atoms with E-state index in [0.717, 1.165) is 16.8 Å². The number of nitrogens with one attached hydrogen (secondary N) is 1. The Morgan fingerprint density at radius 1 is 1.33 bits per heavy atom. The minimum absolute atomic E-state index is 0.521. The van der Waals surface area contributed by atoms with Crippen molar-refractivity contribution >= 4 is 11.7 Å². The minimum atomic E-state index is -0.521. The maximum Gasteiger partial charge on any atom is 0.316 e. The lowest BCUT2D eigenvalue weighted by molar-refractivity contribution is 0.259. The molecular formula is C9H12N2O. The molecule has 0 bridgehead atoms. The van der Waals surface area contributed by atoms with E-state index in [4.69, 9.17) is 5.73 Å². The Balaban J connectivity index is 3.04. The maximum absolute atomic E-state index is 10.6. The summed E-state index contributed by atoms with van der Waals surface area (Å²) in [6.45, 7) is 3.86. The van der Waals surface area contributed by atoms with Crippen LogP contribution in [0.3, 0.4) is 0 Å². The number of carbonyl (C=O) groups is 1. The van der Waals surface area contributed by atoms with Gasteiger partial charge in [-0.3, -0.25) is 0 Å². The molecule has 0 unspecified atom stereocenters. The third kappa shape index (κ3) is 1.75. The number of hydrogen-bond acceptors (Lipinski definition) is 1. The molecule has 1 rings (SSSR count). The molecule has 1 aromatic rings. The van der Waals surface area contributed by atoms with Gasteiger partial charge in [0.2, 0.25) is 0 Å². The number of amides is 2. The van der Waals surface area contributed by atoms with E-state index in [-0.39, 0.29) is 0 Å². The number of carbonyl (C=O) groups excluding carboxylic acids is 1. The standard InChI is InChI=1S/C9H12N2O/c1-6-4-3-5-7(2)8(6)11-9(10)12/h3-5H,1-2H3,(H3,10,11,12). The van der Waals surface area contributed by atoms with Gasteiger partial charge >= 0.3 is 6.03 Å². The summed E-state index contributed by atoms with van der Waals surface area (Å²) in [7, 11) is 0. The summed E-state index contributed by atoms with van der Waals surface area (Å²) in [6, 6.07) is 5.28. The molecule has 0 fully saturated rings. The number of primary amides is 1. The second-order valence-corrected chi connectivity index (χ2v) is 2.76. The van der Waals surface area contributed by atoms with Crippen LogP contribution in [0.1, 0.15) is 11.1 Å². The van der Waals surface area contributed by atoms with Crippen LogP contribution in [-0.4, -0.2) is 6.03 Å². The number of para-hydroxylation sites is 1. The quantitative estimate of drug-likeness (QED) is 0.653. The van der Waals surface area contributed by atoms with Crippen LogP contribution in [0, 0.1) is 13.8 Å². The molecule has 0 aromatic heterocycles. The summed E-state index contributed by atoms with van der Waals surface area (Å²) in [5.74, 6) is 0. The molecular weight excluding hydrogens is 152 g/mol. The Morgan fingerprint density at radius 3 is 2.25 bits per heavy atom. The van der Waals surface area contributed by atoms with Crippen molar-refractivity contribution < 1.29 is 4.79 Å². The van der Waals surface area contributed by atoms with Gasteiger partial charge < -0.3 is 11.1 Å². The highest BCUT2D eigenvalue weighted by molar-refractivity contribution is 5.89. The van der Waals surface area contributed by atoms with Crippen LogP contribution in [-0.2, 0) is 0 Å². The van der Waals surface area contributed by atoms with Gasteiger partial charge in [-0.05, 0) is 25.0 Å². The first-order valence-corrected chi connectivity index (χ1v) is 3.74. The van der Waals surface area contributed by atoms with Crippen molar-refractivity contribution in [2.45, 2.75) is 13.8 Å². The second kappa shape index (κ2) is 3.26. The number of rotatable bonds is 1. The van der Waals surface area contributed by atoms with Crippen molar-refractivity contribution in [3.05, 3.63) is 29.3 Å². The third-order valence-corrected chi connectivity index (χ3v) is 1.73. The smallest absolute Gasteiger partial charge is 0.316 e. The first-order valence-electron chi connectivity index (χ1n) is 3.74. The summed E-state index contributed by atoms with van der Waals surface area (Å²) < 4.78 is 0. The normalized spacial score (nSPS) is 9.50. The molecule has 0 aliphatic carbocycles. The highest BCUT2D eigenvalue weighted by Crippen LogP contribution is 2.18. The largest absolute Gasteiger partial charge is 0.351 e. The molecule has 12 heavy (non-hydrogen) atoms. The highest BCUT2D eigenvalue weighted by atomic mass is 16.2. The monoisotopic (exact) mass is 164 g/mol. The van der Waals surface area contributed by atoms with Crippen LogP contribution in [0.15, 0.2) is 18.2 Å². The van der Waals surface area contributed by atoms with E-state index in [2.05, 4.69) is 5.32 Å². The van der Waals surface area contributed by atoms with E-state index in [1.54, 1.807) is 0 Å². The minimum Gasteiger partial charge on any atom is -0.351 e. The third-order valence-electron chi connectivity index (χ3n) is 1.73. The average molecular weight is 164 g/mol. The predicted octanol–water partition coefficient (Wildman–Crippen LogP) is 1.79. The number of benzene rings is 1. The zero-order valence-electron chi connectivity index (χ0n) is 7.22. The number of urea groups is 1. The maximum atomic E-state index is 10.6. The van der Waals surface area contributed by atoms with Crippen molar-refractivity contribution in [3.63, 3.8) is 0 Å². The Morgan fingerprint density at radius 2 is 1.83 bits per heavy atom. The van der Waals surface area contributed by atoms with E-state index in [9.17, 15) is 4.79 Å².